The summed E-state index contributed by atoms with van der Waals surface area (Å²) in [5.41, 5.74) is -0.815. The van der Waals surface area contributed by atoms with Gasteiger partial charge in [0.2, 0.25) is 11.7 Å². The third kappa shape index (κ3) is 6.67. The Kier molecular flexibility index (Phi) is 7.37. The molecule has 0 radical (unpaired) electrons. The molecule has 0 saturated carbocycles. The Morgan fingerprint density at radius 1 is 1.11 bits per heavy atom. The average Bonchev–Trinajstić information content (AvgIpc) is 3.14. The monoisotopic (exact) mass is 505 g/mol. The van der Waals surface area contributed by atoms with E-state index in [0.29, 0.717) is 12.1 Å². The van der Waals surface area contributed by atoms with Crippen LogP contribution in [-0.2, 0) is 35.2 Å². The topological polar surface area (TPSA) is 72.3 Å². The van der Waals surface area contributed by atoms with Crippen molar-refractivity contribution in [3.63, 3.8) is 0 Å². The van der Waals surface area contributed by atoms with E-state index < -0.39 is 47.0 Å². The molecule has 0 fully saturated rings. The molecule has 0 saturated heterocycles. The first-order valence-corrected chi connectivity index (χ1v) is 10.7. The van der Waals surface area contributed by atoms with Crippen LogP contribution in [0.5, 0.6) is 0 Å². The van der Waals surface area contributed by atoms with Crippen LogP contribution in [0.3, 0.4) is 0 Å². The van der Waals surface area contributed by atoms with Crippen LogP contribution in [0, 0.1) is 17.5 Å². The van der Waals surface area contributed by atoms with E-state index >= 15 is 0 Å². The zero-order chi connectivity index (χ0) is 26.1. The van der Waals surface area contributed by atoms with Gasteiger partial charge < -0.3 is 19.5 Å². The fraction of sp³-hybridized carbons (Fsp3) is 0.500. The molecule has 1 aliphatic heterocycles. The summed E-state index contributed by atoms with van der Waals surface area (Å²) in [5, 5.41) is 9.59. The molecule has 2 aromatic rings. The van der Waals surface area contributed by atoms with Gasteiger partial charge >= 0.3 is 6.18 Å². The van der Waals surface area contributed by atoms with Crippen molar-refractivity contribution in [2.75, 3.05) is 6.54 Å². The number of nitrogens with one attached hydrogen (secondary N) is 1. The number of amides is 1. The quantitative estimate of drug-likeness (QED) is 0.351. The Bertz CT molecular complexity index is 1110. The zero-order valence-electron chi connectivity index (χ0n) is 19.3. The molecule has 1 aromatic heterocycles. The van der Waals surface area contributed by atoms with Crippen molar-refractivity contribution in [1.82, 2.24) is 25.0 Å². The van der Waals surface area contributed by atoms with E-state index in [0.717, 1.165) is 4.57 Å². The Hall–Kier alpha value is -3.25. The highest BCUT2D eigenvalue weighted by molar-refractivity contribution is 5.77. The lowest BCUT2D eigenvalue weighted by atomic mass is 10.0. The molecular formula is C22H25F6N5O2. The lowest BCUT2D eigenvalue weighted by Gasteiger charge is -2.31. The highest BCUT2D eigenvalue weighted by atomic mass is 19.4. The van der Waals surface area contributed by atoms with Crippen molar-refractivity contribution in [2.45, 2.75) is 64.5 Å². The largest absolute Gasteiger partial charge is 0.474 e. The Morgan fingerprint density at radius 2 is 1.77 bits per heavy atom. The van der Waals surface area contributed by atoms with E-state index in [1.165, 1.54) is 4.90 Å². The van der Waals surface area contributed by atoms with E-state index in [-0.39, 0.29) is 49.7 Å². The van der Waals surface area contributed by atoms with Crippen LogP contribution >= 0.6 is 0 Å². The molecule has 13 heteroatoms. The molecule has 0 bridgehead atoms. The number of carbonyl (C=O) groups excluding carboxylic acids is 1. The Labute approximate surface area is 197 Å². The van der Waals surface area contributed by atoms with E-state index in [2.05, 4.69) is 22.1 Å². The van der Waals surface area contributed by atoms with Crippen LogP contribution in [0.4, 0.5) is 26.3 Å². The molecule has 1 amide bonds. The van der Waals surface area contributed by atoms with E-state index in [4.69, 9.17) is 4.74 Å². The third-order valence-electron chi connectivity index (χ3n) is 5.13. The first kappa shape index (κ1) is 26.4. The number of aromatic nitrogens is 3. The predicted octanol–water partition coefficient (Wildman–Crippen LogP) is 3.93. The SMILES string of the molecule is C=C(N[C@H](CC(=O)N1CCn2c(nnc2C(F)(F)F)C1)Cc1cc(F)c(F)cc1F)OC(C)(C)C. The van der Waals surface area contributed by atoms with Gasteiger partial charge in [0, 0.05) is 31.6 Å². The van der Waals surface area contributed by atoms with Crippen molar-refractivity contribution >= 4 is 5.91 Å². The van der Waals surface area contributed by atoms with Crippen molar-refractivity contribution in [3.05, 3.63) is 59.3 Å². The summed E-state index contributed by atoms with van der Waals surface area (Å²) in [6.45, 7) is 8.63. The number of ether oxygens (including phenoxy) is 1. The molecule has 0 aliphatic carbocycles. The number of rotatable bonds is 7. The number of fused-ring (bicyclic) bond motifs is 1. The molecule has 1 N–H and O–H groups in total. The second-order valence-corrected chi connectivity index (χ2v) is 9.15. The van der Waals surface area contributed by atoms with Gasteiger partial charge in [0.05, 0.1) is 6.54 Å². The maximum atomic E-state index is 14.3. The summed E-state index contributed by atoms with van der Waals surface area (Å²) < 4.78 is 87.0. The van der Waals surface area contributed by atoms with Crippen LogP contribution in [0.25, 0.3) is 0 Å². The van der Waals surface area contributed by atoms with Gasteiger partial charge in [0.1, 0.15) is 11.4 Å². The third-order valence-corrected chi connectivity index (χ3v) is 5.13. The minimum atomic E-state index is -4.67. The van der Waals surface area contributed by atoms with Crippen LogP contribution in [-0.4, -0.2) is 43.8 Å². The van der Waals surface area contributed by atoms with Gasteiger partial charge in [-0.2, -0.15) is 13.2 Å². The fourth-order valence-corrected chi connectivity index (χ4v) is 3.71. The lowest BCUT2D eigenvalue weighted by molar-refractivity contribution is -0.148. The molecule has 7 nitrogen and oxygen atoms in total. The second-order valence-electron chi connectivity index (χ2n) is 9.15. The van der Waals surface area contributed by atoms with Gasteiger partial charge in [0.15, 0.2) is 23.3 Å². The predicted molar refractivity (Wildman–Crippen MR) is 112 cm³/mol. The van der Waals surface area contributed by atoms with Crippen molar-refractivity contribution in [2.24, 2.45) is 0 Å². The highest BCUT2D eigenvalue weighted by Crippen LogP contribution is 2.29. The first-order valence-electron chi connectivity index (χ1n) is 10.7. The molecule has 1 aliphatic rings. The molecule has 0 spiro atoms. The number of hydrogen-bond acceptors (Lipinski definition) is 5. The lowest BCUT2D eigenvalue weighted by Crippen LogP contribution is -2.43. The van der Waals surface area contributed by atoms with Crippen LogP contribution < -0.4 is 5.32 Å². The molecule has 3 rings (SSSR count). The zero-order valence-corrected chi connectivity index (χ0v) is 19.3. The molecule has 1 atom stereocenters. The first-order chi connectivity index (χ1) is 16.1. The Morgan fingerprint density at radius 3 is 2.40 bits per heavy atom. The van der Waals surface area contributed by atoms with Crippen molar-refractivity contribution in [3.8, 4) is 0 Å². The van der Waals surface area contributed by atoms with Gasteiger partial charge in [-0.25, -0.2) is 13.2 Å². The standard InChI is InChI=1S/C22H25F6N5O2/c1-12(35-21(2,3)4)29-14(7-13-8-16(24)17(25)10-15(13)23)9-19(34)32-5-6-33-18(11-32)30-31-20(33)22(26,27)28/h8,10,14,29H,1,5-7,9,11H2,2-4H3/t14-/m0/s1. The normalized spacial score (nSPS) is 14.9. The van der Waals surface area contributed by atoms with E-state index in [1.807, 2.05) is 0 Å². The summed E-state index contributed by atoms with van der Waals surface area (Å²) in [6, 6.07) is 0.279. The van der Waals surface area contributed by atoms with Gasteiger partial charge in [-0.1, -0.05) is 0 Å². The smallest absolute Gasteiger partial charge is 0.451 e. The molecule has 1 aromatic carbocycles. The summed E-state index contributed by atoms with van der Waals surface area (Å²) in [5.74, 6) is -5.13. The van der Waals surface area contributed by atoms with Crippen molar-refractivity contribution in [1.29, 1.82) is 0 Å². The number of halogens is 6. The average molecular weight is 505 g/mol. The number of hydrogen-bond donors (Lipinski definition) is 1. The second kappa shape index (κ2) is 9.78. The van der Waals surface area contributed by atoms with Gasteiger partial charge in [-0.05, 0) is 45.4 Å². The summed E-state index contributed by atoms with van der Waals surface area (Å²) in [4.78, 5) is 14.3. The number of alkyl halides is 3. The highest BCUT2D eigenvalue weighted by Gasteiger charge is 2.40. The number of benzene rings is 1. The van der Waals surface area contributed by atoms with Crippen LogP contribution in [0.1, 0.15) is 44.4 Å². The summed E-state index contributed by atoms with van der Waals surface area (Å²) >= 11 is 0. The van der Waals surface area contributed by atoms with E-state index in [9.17, 15) is 31.1 Å². The number of carbonyl (C=O) groups is 1. The molecule has 2 heterocycles. The molecular weight excluding hydrogens is 480 g/mol. The molecule has 192 valence electrons. The minimum absolute atomic E-state index is 0.0199. The fourth-order valence-electron chi connectivity index (χ4n) is 3.71. The maximum Gasteiger partial charge on any atom is 0.451 e. The Balaban J connectivity index is 1.76. The minimum Gasteiger partial charge on any atom is -0.474 e. The van der Waals surface area contributed by atoms with Crippen LogP contribution in [0.15, 0.2) is 24.6 Å². The van der Waals surface area contributed by atoms with Gasteiger partial charge in [-0.3, -0.25) is 4.79 Å². The van der Waals surface area contributed by atoms with Gasteiger partial charge in [0.25, 0.3) is 0 Å². The maximum absolute atomic E-state index is 14.3. The molecule has 0 unspecified atom stereocenters. The van der Waals surface area contributed by atoms with E-state index in [1.54, 1.807) is 20.8 Å². The van der Waals surface area contributed by atoms with Crippen LogP contribution in [0.2, 0.25) is 0 Å². The van der Waals surface area contributed by atoms with Crippen molar-refractivity contribution < 1.29 is 35.9 Å². The molecule has 35 heavy (non-hydrogen) atoms. The summed E-state index contributed by atoms with van der Waals surface area (Å²) in [7, 11) is 0. The van der Waals surface area contributed by atoms with Gasteiger partial charge in [-0.15, -0.1) is 10.2 Å². The number of nitrogens with zero attached hydrogens (tertiary/aromatic N) is 4. The summed E-state index contributed by atoms with van der Waals surface area (Å²) in [6.07, 6.45) is -5.15.